The van der Waals surface area contributed by atoms with Crippen molar-refractivity contribution in [1.82, 2.24) is 24.1 Å². The second kappa shape index (κ2) is 11.4. The van der Waals surface area contributed by atoms with Crippen LogP contribution >= 0.6 is 0 Å². The summed E-state index contributed by atoms with van der Waals surface area (Å²) in [7, 11) is 0. The molecule has 5 nitrogen and oxygen atoms in total. The van der Waals surface area contributed by atoms with E-state index < -0.39 is 48.3 Å². The molecule has 50 heavy (non-hydrogen) atoms. The maximum atomic E-state index is 8.98. The number of para-hydroxylation sites is 4. The Balaban J connectivity index is 1.16. The molecule has 0 saturated heterocycles. The summed E-state index contributed by atoms with van der Waals surface area (Å²) in [5.74, 6) is 0.452. The summed E-state index contributed by atoms with van der Waals surface area (Å²) < 4.78 is 73.1. The zero-order valence-electron chi connectivity index (χ0n) is 34.4. The zero-order chi connectivity index (χ0) is 40.0. The molecule has 5 heteroatoms. The maximum Gasteiger partial charge on any atom is 0.238 e. The SMILES string of the molecule is [2H]c1c([2H])c([2H])c2c(c1[2H])c1c([2H])c([2H])c([2H])c([2H])c1n2-c1nc(-c2ccccc2)nc(-c2ccc(-c3cccc(-n4c5ccccc5c5ccccc54)c3)cc2)n1. The minimum Gasteiger partial charge on any atom is -0.309 e. The third-order valence-corrected chi connectivity index (χ3v) is 9.05. The van der Waals surface area contributed by atoms with E-state index in [4.69, 9.17) is 25.9 Å². The molecule has 0 atom stereocenters. The van der Waals surface area contributed by atoms with E-state index in [1.54, 1.807) is 0 Å². The minimum atomic E-state index is -0.522. The Morgan fingerprint density at radius 1 is 0.380 bits per heavy atom. The van der Waals surface area contributed by atoms with Crippen molar-refractivity contribution in [3.63, 3.8) is 0 Å². The molecule has 0 radical (unpaired) electrons. The molecule has 0 aliphatic rings. The Morgan fingerprint density at radius 2 is 0.900 bits per heavy atom. The van der Waals surface area contributed by atoms with E-state index in [0.717, 1.165) is 27.8 Å². The van der Waals surface area contributed by atoms with Crippen LogP contribution in [0.4, 0.5) is 0 Å². The predicted octanol–water partition coefficient (Wildman–Crippen LogP) is 11.1. The lowest BCUT2D eigenvalue weighted by atomic mass is 10.0. The second-order valence-corrected chi connectivity index (χ2v) is 11.9. The van der Waals surface area contributed by atoms with Crippen LogP contribution in [0.3, 0.4) is 0 Å². The van der Waals surface area contributed by atoms with Crippen molar-refractivity contribution in [2.24, 2.45) is 0 Å². The molecule has 0 spiro atoms. The molecule has 0 amide bonds. The molecule has 0 aliphatic carbocycles. The van der Waals surface area contributed by atoms with Gasteiger partial charge in [-0.15, -0.1) is 0 Å². The van der Waals surface area contributed by atoms with Gasteiger partial charge in [0, 0.05) is 38.4 Å². The Labute approximate surface area is 299 Å². The van der Waals surface area contributed by atoms with Gasteiger partial charge in [-0.25, -0.2) is 4.98 Å². The maximum absolute atomic E-state index is 8.98. The summed E-state index contributed by atoms with van der Waals surface area (Å²) in [6.07, 6.45) is 0. The number of benzene rings is 7. The topological polar surface area (TPSA) is 48.5 Å². The van der Waals surface area contributed by atoms with E-state index in [9.17, 15) is 0 Å². The quantitative estimate of drug-likeness (QED) is 0.187. The van der Waals surface area contributed by atoms with E-state index >= 15 is 0 Å². The van der Waals surface area contributed by atoms with Crippen molar-refractivity contribution in [2.75, 3.05) is 0 Å². The van der Waals surface area contributed by atoms with E-state index in [1.807, 2.05) is 72.8 Å². The molecule has 10 aromatic rings. The first-order valence-corrected chi connectivity index (χ1v) is 16.1. The number of rotatable bonds is 5. The molecule has 7 aromatic carbocycles. The number of hydrogen-bond acceptors (Lipinski definition) is 3. The van der Waals surface area contributed by atoms with Crippen LogP contribution in [0.5, 0.6) is 0 Å². The van der Waals surface area contributed by atoms with E-state index in [1.165, 1.54) is 15.3 Å². The Hall–Kier alpha value is -6.85. The first kappa shape index (κ1) is 21.2. The lowest BCUT2D eigenvalue weighted by Gasteiger charge is -2.12. The van der Waals surface area contributed by atoms with Gasteiger partial charge in [0.15, 0.2) is 11.6 Å². The van der Waals surface area contributed by atoms with Crippen molar-refractivity contribution in [3.8, 4) is 45.5 Å². The van der Waals surface area contributed by atoms with Crippen molar-refractivity contribution in [1.29, 1.82) is 0 Å². The van der Waals surface area contributed by atoms with Gasteiger partial charge in [-0.2, -0.15) is 9.97 Å². The lowest BCUT2D eigenvalue weighted by Crippen LogP contribution is -2.06. The van der Waals surface area contributed by atoms with Gasteiger partial charge in [-0.05, 0) is 47.5 Å². The molecule has 3 aromatic heterocycles. The van der Waals surface area contributed by atoms with Crippen LogP contribution in [0.25, 0.3) is 89.2 Å². The number of aromatic nitrogens is 5. The first-order chi connectivity index (χ1) is 28.1. The highest BCUT2D eigenvalue weighted by molar-refractivity contribution is 6.10. The summed E-state index contributed by atoms with van der Waals surface area (Å²) in [4.78, 5) is 14.5. The van der Waals surface area contributed by atoms with E-state index in [-0.39, 0.29) is 39.4 Å². The molecule has 234 valence electrons. The third-order valence-electron chi connectivity index (χ3n) is 9.05. The van der Waals surface area contributed by atoms with E-state index in [2.05, 4.69) is 59.2 Å². The van der Waals surface area contributed by atoms with Crippen LogP contribution in [0.2, 0.25) is 0 Å². The van der Waals surface area contributed by atoms with Crippen LogP contribution in [0, 0.1) is 0 Å². The zero-order valence-corrected chi connectivity index (χ0v) is 26.4. The molecule has 0 bridgehead atoms. The van der Waals surface area contributed by atoms with Crippen molar-refractivity contribution < 1.29 is 11.0 Å². The number of hydrogen-bond donors (Lipinski definition) is 0. The number of fused-ring (bicyclic) bond motifs is 6. The number of nitrogens with zero attached hydrogens (tertiary/aromatic N) is 5. The van der Waals surface area contributed by atoms with Crippen LogP contribution in [0.15, 0.2) is 176 Å². The fraction of sp³-hybridized carbons (Fsp3) is 0. The molecule has 0 unspecified atom stereocenters. The molecule has 0 saturated carbocycles. The van der Waals surface area contributed by atoms with Crippen LogP contribution in [-0.2, 0) is 0 Å². The lowest BCUT2D eigenvalue weighted by molar-refractivity contribution is 0.953. The van der Waals surface area contributed by atoms with Crippen molar-refractivity contribution in [3.05, 3.63) is 176 Å². The highest BCUT2D eigenvalue weighted by atomic mass is 15.2. The molecule has 10 rings (SSSR count). The van der Waals surface area contributed by atoms with Gasteiger partial charge >= 0.3 is 0 Å². The van der Waals surface area contributed by atoms with Gasteiger partial charge in [0.1, 0.15) is 0 Å². The van der Waals surface area contributed by atoms with Crippen LogP contribution < -0.4 is 0 Å². The van der Waals surface area contributed by atoms with Gasteiger partial charge in [-0.3, -0.25) is 4.57 Å². The van der Waals surface area contributed by atoms with Gasteiger partial charge in [0.25, 0.3) is 0 Å². The summed E-state index contributed by atoms with van der Waals surface area (Å²) in [6, 6.07) is 38.3. The summed E-state index contributed by atoms with van der Waals surface area (Å²) >= 11 is 0. The first-order valence-electron chi connectivity index (χ1n) is 20.1. The predicted molar refractivity (Wildman–Crippen MR) is 205 cm³/mol. The average molecular weight is 648 g/mol. The van der Waals surface area contributed by atoms with Gasteiger partial charge < -0.3 is 4.57 Å². The second-order valence-electron chi connectivity index (χ2n) is 11.9. The molecular formula is C45H29N5. The van der Waals surface area contributed by atoms with E-state index in [0.29, 0.717) is 11.1 Å². The molecule has 0 aliphatic heterocycles. The summed E-state index contributed by atoms with van der Waals surface area (Å²) in [5, 5.41) is 2.26. The normalized spacial score (nSPS) is 13.8. The van der Waals surface area contributed by atoms with Crippen LogP contribution in [-0.4, -0.2) is 24.1 Å². The van der Waals surface area contributed by atoms with Gasteiger partial charge in [0.05, 0.1) is 33.0 Å². The summed E-state index contributed by atoms with van der Waals surface area (Å²) in [6.45, 7) is 0. The van der Waals surface area contributed by atoms with Crippen LogP contribution in [0.1, 0.15) is 11.0 Å². The summed E-state index contributed by atoms with van der Waals surface area (Å²) in [5.41, 5.74) is 6.36. The highest BCUT2D eigenvalue weighted by Gasteiger charge is 2.18. The van der Waals surface area contributed by atoms with Crippen molar-refractivity contribution >= 4 is 43.6 Å². The fourth-order valence-electron chi connectivity index (χ4n) is 6.77. The van der Waals surface area contributed by atoms with Crippen molar-refractivity contribution in [2.45, 2.75) is 0 Å². The monoisotopic (exact) mass is 647 g/mol. The largest absolute Gasteiger partial charge is 0.309 e. The minimum absolute atomic E-state index is 0.0521. The standard InChI is InChI=1S/C45H29N5/c1-2-13-31(14-3-1)43-46-44(48-45(47-43)50-41-23-10-6-19-37(41)38-20-7-11-24-42(38)50)32-27-25-30(26-28-32)33-15-12-16-34(29-33)49-39-21-8-4-17-35(39)36-18-5-9-22-40(36)49/h1-29H/i6D,7D,10D,11D,19D,20D,23D,24D. The Kier molecular flexibility index (Phi) is 4.83. The molecule has 0 N–H and O–H groups in total. The highest BCUT2D eigenvalue weighted by Crippen LogP contribution is 2.35. The Bertz CT molecular complexity index is 3190. The Morgan fingerprint density at radius 3 is 1.54 bits per heavy atom. The molecular weight excluding hydrogens is 611 g/mol. The molecule has 0 fully saturated rings. The van der Waals surface area contributed by atoms with Gasteiger partial charge in [0.2, 0.25) is 5.95 Å². The average Bonchev–Trinajstić information content (AvgIpc) is 3.81. The van der Waals surface area contributed by atoms with Gasteiger partial charge in [-0.1, -0.05) is 139 Å². The fourth-order valence-corrected chi connectivity index (χ4v) is 6.77. The molecule has 3 heterocycles. The smallest absolute Gasteiger partial charge is 0.238 e. The third kappa shape index (κ3) is 4.52.